The molecule has 0 radical (unpaired) electrons. The van der Waals surface area contributed by atoms with Gasteiger partial charge in [-0.1, -0.05) is 6.07 Å². The van der Waals surface area contributed by atoms with Crippen molar-refractivity contribution in [2.45, 2.75) is 18.7 Å². The average Bonchev–Trinajstić information content (AvgIpc) is 3.49. The normalized spacial score (nSPS) is 14.9. The summed E-state index contributed by atoms with van der Waals surface area (Å²) in [4.78, 5) is 25.0. The molecule has 2 aromatic heterocycles. The molecule has 8 heteroatoms. The van der Waals surface area contributed by atoms with Crippen LogP contribution in [0.25, 0.3) is 21.9 Å². The lowest BCUT2D eigenvalue weighted by atomic mass is 10.0. The molecule has 1 aliphatic rings. The van der Waals surface area contributed by atoms with E-state index in [2.05, 4.69) is 0 Å². The van der Waals surface area contributed by atoms with Crippen molar-refractivity contribution in [2.75, 3.05) is 12.9 Å². The van der Waals surface area contributed by atoms with Crippen molar-refractivity contribution in [3.8, 4) is 16.9 Å². The summed E-state index contributed by atoms with van der Waals surface area (Å²) in [6, 6.07) is 5.46. The van der Waals surface area contributed by atoms with Crippen LogP contribution in [0, 0.1) is 11.7 Å². The fraction of sp³-hybridized carbons (Fsp3) is 0.333. The Kier molecular flexibility index (Phi) is 5.23. The molecule has 1 aromatic carbocycles. The number of fused-ring (bicyclic) bond motifs is 1. The Balaban J connectivity index is 1.95. The van der Waals surface area contributed by atoms with E-state index in [0.717, 1.165) is 12.8 Å². The second-order valence-corrected chi connectivity index (χ2v) is 8.87. The minimum Gasteiger partial charge on any atom is -0.615 e. The average molecular weight is 416 g/mol. The third-order valence-corrected chi connectivity index (χ3v) is 5.66. The molecule has 3 aromatic rings. The van der Waals surface area contributed by atoms with E-state index in [0.29, 0.717) is 34.8 Å². The molecule has 1 saturated carbocycles. The molecule has 2 heterocycles. The van der Waals surface area contributed by atoms with E-state index in [4.69, 9.17) is 4.74 Å². The summed E-state index contributed by atoms with van der Waals surface area (Å²) < 4.78 is 34.2. The first-order chi connectivity index (χ1) is 13.8. The summed E-state index contributed by atoms with van der Waals surface area (Å²) in [6.07, 6.45) is 6.98. The fourth-order valence-electron chi connectivity index (χ4n) is 3.32. The van der Waals surface area contributed by atoms with E-state index in [1.54, 1.807) is 25.5 Å². The maximum Gasteiger partial charge on any atom is 0.258 e. The molecule has 0 amide bonds. The Labute approximate surface area is 169 Å². The highest BCUT2D eigenvalue weighted by Gasteiger charge is 2.24. The SMILES string of the molecule is Cn1cc(-c2cn(C[S+](C)[O-])c(=O)cc2OCC2CC2)c2ccc(F)cc2c1=O. The Morgan fingerprint density at radius 1 is 1.17 bits per heavy atom. The standard InChI is InChI=1S/C21H21FN2O4S/c1-23-9-17(15-6-5-14(22)7-16(15)21(23)26)18-10-24(12-29(2)27)20(25)8-19(18)28-11-13-3-4-13/h5-10,13H,3-4,11-12H2,1-2H3. The predicted molar refractivity (Wildman–Crippen MR) is 111 cm³/mol. The molecule has 4 rings (SSSR count). The van der Waals surface area contributed by atoms with Gasteiger partial charge in [0.05, 0.1) is 18.2 Å². The second kappa shape index (κ2) is 7.68. The van der Waals surface area contributed by atoms with E-state index in [9.17, 15) is 18.5 Å². The third-order valence-electron chi connectivity index (χ3n) is 5.02. The maximum absolute atomic E-state index is 13.8. The van der Waals surface area contributed by atoms with Gasteiger partial charge < -0.3 is 13.9 Å². The van der Waals surface area contributed by atoms with E-state index in [1.807, 2.05) is 0 Å². The van der Waals surface area contributed by atoms with Crippen molar-refractivity contribution in [2.24, 2.45) is 13.0 Å². The van der Waals surface area contributed by atoms with E-state index >= 15 is 0 Å². The van der Waals surface area contributed by atoms with E-state index in [1.165, 1.54) is 33.6 Å². The lowest BCUT2D eigenvalue weighted by molar-refractivity contribution is 0.300. The third kappa shape index (κ3) is 4.09. The summed E-state index contributed by atoms with van der Waals surface area (Å²) in [6.45, 7) is 0.508. The lowest BCUT2D eigenvalue weighted by Gasteiger charge is -2.17. The summed E-state index contributed by atoms with van der Waals surface area (Å²) in [5.74, 6) is 0.444. The zero-order chi connectivity index (χ0) is 20.7. The van der Waals surface area contributed by atoms with Crippen LogP contribution >= 0.6 is 0 Å². The van der Waals surface area contributed by atoms with Crippen molar-refractivity contribution >= 4 is 21.9 Å². The number of benzene rings is 1. The topological polar surface area (TPSA) is 76.3 Å². The minimum absolute atomic E-state index is 0.0487. The molecule has 0 bridgehead atoms. The predicted octanol–water partition coefficient (Wildman–Crippen LogP) is 2.63. The number of pyridine rings is 2. The molecule has 152 valence electrons. The van der Waals surface area contributed by atoms with Crippen LogP contribution in [0.3, 0.4) is 0 Å². The van der Waals surface area contributed by atoms with Crippen LogP contribution in [-0.4, -0.2) is 26.5 Å². The molecule has 1 atom stereocenters. The van der Waals surface area contributed by atoms with Crippen molar-refractivity contribution < 1.29 is 13.7 Å². The minimum atomic E-state index is -1.22. The summed E-state index contributed by atoms with van der Waals surface area (Å²) >= 11 is -1.22. The van der Waals surface area contributed by atoms with Crippen molar-refractivity contribution in [1.29, 1.82) is 0 Å². The Hall–Kier alpha value is -2.58. The monoisotopic (exact) mass is 416 g/mol. The largest absolute Gasteiger partial charge is 0.615 e. The molecule has 1 unspecified atom stereocenters. The molecule has 0 spiro atoms. The lowest BCUT2D eigenvalue weighted by Crippen LogP contribution is -2.24. The first-order valence-electron chi connectivity index (χ1n) is 9.30. The smallest absolute Gasteiger partial charge is 0.258 e. The van der Waals surface area contributed by atoms with Crippen molar-refractivity contribution in [3.63, 3.8) is 0 Å². The Bertz CT molecular complexity index is 1200. The zero-order valence-electron chi connectivity index (χ0n) is 16.2. The van der Waals surface area contributed by atoms with Crippen LogP contribution < -0.4 is 15.9 Å². The number of ether oxygens (including phenoxy) is 1. The van der Waals surface area contributed by atoms with Gasteiger partial charge in [-0.25, -0.2) is 4.39 Å². The van der Waals surface area contributed by atoms with Gasteiger partial charge in [0.1, 0.15) is 11.6 Å². The number of aromatic nitrogens is 2. The van der Waals surface area contributed by atoms with Crippen LogP contribution in [0.1, 0.15) is 12.8 Å². The molecule has 0 saturated heterocycles. The molecule has 6 nitrogen and oxygen atoms in total. The quantitative estimate of drug-likeness (QED) is 0.579. The van der Waals surface area contributed by atoms with Gasteiger partial charge in [0, 0.05) is 36.6 Å². The number of hydrogen-bond acceptors (Lipinski definition) is 4. The van der Waals surface area contributed by atoms with Crippen LogP contribution in [-0.2, 0) is 24.1 Å². The van der Waals surface area contributed by atoms with Gasteiger partial charge in [-0.2, -0.15) is 0 Å². The molecule has 1 aliphatic carbocycles. The van der Waals surface area contributed by atoms with Gasteiger partial charge in [-0.3, -0.25) is 14.2 Å². The summed E-state index contributed by atoms with van der Waals surface area (Å²) in [7, 11) is 1.60. The maximum atomic E-state index is 13.8. The van der Waals surface area contributed by atoms with Gasteiger partial charge >= 0.3 is 0 Å². The highest BCUT2D eigenvalue weighted by Crippen LogP contribution is 2.35. The zero-order valence-corrected chi connectivity index (χ0v) is 17.0. The first kappa shape index (κ1) is 19.7. The van der Waals surface area contributed by atoms with E-state index in [-0.39, 0.29) is 22.4 Å². The molecule has 1 fully saturated rings. The number of nitrogens with zero attached hydrogens (tertiary/aromatic N) is 2. The first-order valence-corrected chi connectivity index (χ1v) is 11.0. The van der Waals surface area contributed by atoms with Gasteiger partial charge in [0.2, 0.25) is 0 Å². The fourth-order valence-corrected chi connectivity index (χ4v) is 3.91. The van der Waals surface area contributed by atoms with Crippen LogP contribution in [0.2, 0.25) is 0 Å². The summed E-state index contributed by atoms with van der Waals surface area (Å²) in [5, 5.41) is 0.809. The molecular weight excluding hydrogens is 395 g/mol. The number of rotatable bonds is 6. The number of hydrogen-bond donors (Lipinski definition) is 0. The Morgan fingerprint density at radius 3 is 2.62 bits per heavy atom. The molecule has 0 N–H and O–H groups in total. The number of halogens is 1. The van der Waals surface area contributed by atoms with Gasteiger partial charge in [-0.05, 0) is 47.5 Å². The van der Waals surface area contributed by atoms with Crippen molar-refractivity contribution in [1.82, 2.24) is 9.13 Å². The highest BCUT2D eigenvalue weighted by molar-refractivity contribution is 7.89. The van der Waals surface area contributed by atoms with Gasteiger partial charge in [0.15, 0.2) is 5.88 Å². The molecule has 29 heavy (non-hydrogen) atoms. The van der Waals surface area contributed by atoms with Gasteiger partial charge in [-0.15, -0.1) is 0 Å². The van der Waals surface area contributed by atoms with Crippen LogP contribution in [0.4, 0.5) is 4.39 Å². The van der Waals surface area contributed by atoms with Crippen LogP contribution in [0.15, 0.2) is 46.2 Å². The second-order valence-electron chi connectivity index (χ2n) is 7.46. The molecule has 0 aliphatic heterocycles. The molecular formula is C21H21FN2O4S. The van der Waals surface area contributed by atoms with Crippen LogP contribution in [0.5, 0.6) is 5.75 Å². The summed E-state index contributed by atoms with van der Waals surface area (Å²) in [5.41, 5.74) is 0.619. The van der Waals surface area contributed by atoms with E-state index < -0.39 is 17.0 Å². The highest BCUT2D eigenvalue weighted by atomic mass is 32.2. The van der Waals surface area contributed by atoms with Gasteiger partial charge in [0.25, 0.3) is 11.1 Å². The number of aryl methyl sites for hydroxylation is 1. The van der Waals surface area contributed by atoms with Crippen molar-refractivity contribution in [3.05, 3.63) is 63.2 Å². The Morgan fingerprint density at radius 2 is 1.93 bits per heavy atom.